The number of Topliss-reactive ketones (excluding diaryl/α,β-unsaturated/α-hetero) is 1. The van der Waals surface area contributed by atoms with Crippen LogP contribution in [0.5, 0.6) is 0 Å². The fourth-order valence-corrected chi connectivity index (χ4v) is 3.17. The van der Waals surface area contributed by atoms with Crippen LogP contribution in [0.3, 0.4) is 0 Å². The number of carbonyl (C=O) groups is 2. The van der Waals surface area contributed by atoms with Gasteiger partial charge in [-0.1, -0.05) is 75.5 Å². The number of rotatable bonds is 9. The van der Waals surface area contributed by atoms with Crippen molar-refractivity contribution in [2.75, 3.05) is 6.61 Å². The molecular formula is C26H30O3. The van der Waals surface area contributed by atoms with Gasteiger partial charge in [0.1, 0.15) is 0 Å². The number of esters is 1. The molecule has 0 aromatic heterocycles. The first kappa shape index (κ1) is 22.4. The summed E-state index contributed by atoms with van der Waals surface area (Å²) in [5, 5.41) is 0. The molecule has 29 heavy (non-hydrogen) atoms. The molecule has 0 aliphatic heterocycles. The van der Waals surface area contributed by atoms with Gasteiger partial charge in [-0.05, 0) is 41.7 Å². The Morgan fingerprint density at radius 2 is 1.24 bits per heavy atom. The van der Waals surface area contributed by atoms with E-state index in [4.69, 9.17) is 4.74 Å². The molecule has 0 N–H and O–H groups in total. The van der Waals surface area contributed by atoms with E-state index in [9.17, 15) is 9.59 Å². The summed E-state index contributed by atoms with van der Waals surface area (Å²) in [4.78, 5) is 23.1. The molecule has 0 aliphatic carbocycles. The van der Waals surface area contributed by atoms with Gasteiger partial charge in [0.25, 0.3) is 0 Å². The van der Waals surface area contributed by atoms with Gasteiger partial charge in [-0.2, -0.15) is 0 Å². The Hall–Kier alpha value is -2.94. The first-order valence-electron chi connectivity index (χ1n) is 9.87. The Bertz CT molecular complexity index is 900. The van der Waals surface area contributed by atoms with Crippen LogP contribution >= 0.6 is 0 Å². The van der Waals surface area contributed by atoms with Crippen LogP contribution in [-0.2, 0) is 32.6 Å². The predicted molar refractivity (Wildman–Crippen MR) is 118 cm³/mol. The summed E-state index contributed by atoms with van der Waals surface area (Å²) in [6.45, 7) is 15.7. The van der Waals surface area contributed by atoms with Gasteiger partial charge in [0.05, 0.1) is 6.61 Å². The minimum atomic E-state index is -0.343. The lowest BCUT2D eigenvalue weighted by Gasteiger charge is -2.26. The smallest absolute Gasteiger partial charge is 0.333 e. The van der Waals surface area contributed by atoms with Crippen molar-refractivity contribution in [1.29, 1.82) is 0 Å². The van der Waals surface area contributed by atoms with Crippen molar-refractivity contribution in [3.05, 3.63) is 95.1 Å². The van der Waals surface area contributed by atoms with E-state index in [0.29, 0.717) is 30.6 Å². The molecule has 2 aromatic carbocycles. The number of allylic oxidation sites excluding steroid dienone is 1. The van der Waals surface area contributed by atoms with Gasteiger partial charge in [0.15, 0.2) is 5.78 Å². The van der Waals surface area contributed by atoms with Crippen molar-refractivity contribution in [2.45, 2.75) is 46.0 Å². The Kier molecular flexibility index (Phi) is 7.33. The summed E-state index contributed by atoms with van der Waals surface area (Å²) in [6, 6.07) is 16.6. The van der Waals surface area contributed by atoms with Gasteiger partial charge in [0.2, 0.25) is 0 Å². The molecule has 2 rings (SSSR count). The number of benzene rings is 2. The minimum absolute atomic E-state index is 0.0279. The first-order chi connectivity index (χ1) is 13.6. The van der Waals surface area contributed by atoms with Gasteiger partial charge >= 0.3 is 5.97 Å². The maximum absolute atomic E-state index is 11.7. The van der Waals surface area contributed by atoms with Crippen molar-refractivity contribution in [3.63, 3.8) is 0 Å². The van der Waals surface area contributed by atoms with Crippen molar-refractivity contribution >= 4 is 11.8 Å². The molecule has 0 bridgehead atoms. The van der Waals surface area contributed by atoms with Crippen LogP contribution in [0.1, 0.15) is 49.9 Å². The van der Waals surface area contributed by atoms with E-state index >= 15 is 0 Å². The second-order valence-corrected chi connectivity index (χ2v) is 7.86. The summed E-state index contributed by atoms with van der Waals surface area (Å²) >= 11 is 0. The van der Waals surface area contributed by atoms with E-state index in [0.717, 1.165) is 11.1 Å². The van der Waals surface area contributed by atoms with Crippen LogP contribution in [0.25, 0.3) is 0 Å². The number of ketones is 1. The normalized spacial score (nSPS) is 11.0. The number of ether oxygens (including phenoxy) is 1. The summed E-state index contributed by atoms with van der Waals surface area (Å²) in [7, 11) is 0. The lowest BCUT2D eigenvalue weighted by molar-refractivity contribution is -0.138. The van der Waals surface area contributed by atoms with Crippen molar-refractivity contribution in [2.24, 2.45) is 0 Å². The van der Waals surface area contributed by atoms with Gasteiger partial charge < -0.3 is 4.74 Å². The molecular weight excluding hydrogens is 360 g/mol. The summed E-state index contributed by atoms with van der Waals surface area (Å²) in [5.41, 5.74) is 5.39. The highest BCUT2D eigenvalue weighted by molar-refractivity contribution is 5.93. The summed E-state index contributed by atoms with van der Waals surface area (Å²) < 4.78 is 5.00. The quantitative estimate of drug-likeness (QED) is 0.427. The third kappa shape index (κ3) is 5.77. The molecule has 0 heterocycles. The second kappa shape index (κ2) is 9.51. The summed E-state index contributed by atoms with van der Waals surface area (Å²) in [5.74, 6) is -0.315. The van der Waals surface area contributed by atoms with E-state index in [-0.39, 0.29) is 17.2 Å². The van der Waals surface area contributed by atoms with Crippen LogP contribution in [0.4, 0.5) is 0 Å². The fourth-order valence-electron chi connectivity index (χ4n) is 3.17. The molecule has 0 radical (unpaired) electrons. The highest BCUT2D eigenvalue weighted by atomic mass is 16.5. The molecule has 0 unspecified atom stereocenters. The highest BCUT2D eigenvalue weighted by Gasteiger charge is 2.23. The summed E-state index contributed by atoms with van der Waals surface area (Å²) in [6.07, 6.45) is 1.06. The lowest BCUT2D eigenvalue weighted by Crippen LogP contribution is -2.19. The van der Waals surface area contributed by atoms with Gasteiger partial charge in [-0.3, -0.25) is 4.79 Å². The Morgan fingerprint density at radius 3 is 1.62 bits per heavy atom. The van der Waals surface area contributed by atoms with Crippen molar-refractivity contribution in [3.8, 4) is 0 Å². The van der Waals surface area contributed by atoms with Crippen LogP contribution in [0, 0.1) is 0 Å². The molecule has 3 nitrogen and oxygen atoms in total. The Balaban J connectivity index is 2.12. The topological polar surface area (TPSA) is 43.4 Å². The van der Waals surface area contributed by atoms with E-state index in [1.54, 1.807) is 13.8 Å². The van der Waals surface area contributed by atoms with Gasteiger partial charge in [-0.15, -0.1) is 0 Å². The third-order valence-corrected chi connectivity index (χ3v) is 5.25. The molecule has 0 spiro atoms. The SMILES string of the molecule is C=C(Cc1ccc(C(C)(C)c2ccc(CC(=C)C(=O)OCC)cc2)cc1)C(C)=O. The van der Waals surface area contributed by atoms with Gasteiger partial charge in [-0.25, -0.2) is 4.79 Å². The molecule has 0 fully saturated rings. The van der Waals surface area contributed by atoms with E-state index in [1.807, 2.05) is 12.1 Å². The molecule has 0 aliphatic rings. The zero-order valence-electron chi connectivity index (χ0n) is 17.9. The molecule has 3 heteroatoms. The van der Waals surface area contributed by atoms with Crippen LogP contribution < -0.4 is 0 Å². The second-order valence-electron chi connectivity index (χ2n) is 7.86. The third-order valence-electron chi connectivity index (χ3n) is 5.25. The largest absolute Gasteiger partial charge is 0.463 e. The van der Waals surface area contributed by atoms with Crippen LogP contribution in [-0.4, -0.2) is 18.4 Å². The molecule has 0 saturated heterocycles. The number of carbonyl (C=O) groups excluding carboxylic acids is 2. The Morgan fingerprint density at radius 1 is 0.828 bits per heavy atom. The maximum atomic E-state index is 11.7. The lowest BCUT2D eigenvalue weighted by atomic mass is 9.77. The van der Waals surface area contributed by atoms with Crippen molar-refractivity contribution < 1.29 is 14.3 Å². The first-order valence-corrected chi connectivity index (χ1v) is 9.87. The predicted octanol–water partition coefficient (Wildman–Crippen LogP) is 5.36. The monoisotopic (exact) mass is 390 g/mol. The maximum Gasteiger partial charge on any atom is 0.333 e. The van der Waals surface area contributed by atoms with E-state index in [1.165, 1.54) is 11.1 Å². The van der Waals surface area contributed by atoms with E-state index < -0.39 is 0 Å². The Labute approximate surface area is 174 Å². The van der Waals surface area contributed by atoms with Crippen LogP contribution in [0.15, 0.2) is 72.8 Å². The fraction of sp³-hybridized carbons (Fsp3) is 0.308. The van der Waals surface area contributed by atoms with E-state index in [2.05, 4.69) is 63.4 Å². The molecule has 0 saturated carbocycles. The van der Waals surface area contributed by atoms with Crippen molar-refractivity contribution in [1.82, 2.24) is 0 Å². The molecule has 0 atom stereocenters. The minimum Gasteiger partial charge on any atom is -0.463 e. The zero-order chi connectivity index (χ0) is 21.6. The average Bonchev–Trinajstić information content (AvgIpc) is 2.69. The standard InChI is InChI=1S/C26H30O3/c1-7-29-25(28)19(3)17-22-10-14-24(15-11-22)26(5,6)23-12-8-21(9-13-23)16-18(2)20(4)27/h8-15H,2-3,7,16-17H2,1,4-6H3. The number of hydrogen-bond donors (Lipinski definition) is 0. The van der Waals surface area contributed by atoms with Crippen LogP contribution in [0.2, 0.25) is 0 Å². The average molecular weight is 391 g/mol. The highest BCUT2D eigenvalue weighted by Crippen LogP contribution is 2.32. The van der Waals surface area contributed by atoms with Gasteiger partial charge in [0, 0.05) is 23.8 Å². The molecule has 2 aromatic rings. The number of hydrogen-bond acceptors (Lipinski definition) is 3. The molecule has 152 valence electrons. The molecule has 0 amide bonds. The zero-order valence-corrected chi connectivity index (χ0v) is 17.9.